The summed E-state index contributed by atoms with van der Waals surface area (Å²) in [5, 5.41) is 20.1. The van der Waals surface area contributed by atoms with Crippen LogP contribution in [0.1, 0.15) is 52.7 Å². The lowest BCUT2D eigenvalue weighted by molar-refractivity contribution is 0.430. The van der Waals surface area contributed by atoms with E-state index in [4.69, 9.17) is 0 Å². The van der Waals surface area contributed by atoms with Crippen molar-refractivity contribution in [2.75, 3.05) is 0 Å². The first-order valence-corrected chi connectivity index (χ1v) is 8.28. The lowest BCUT2D eigenvalue weighted by Crippen LogP contribution is -2.23. The number of aromatic nitrogens is 3. The third kappa shape index (κ3) is 2.77. The number of phenolic OH excluding ortho intramolecular Hbond substituents is 1. The molecule has 0 saturated heterocycles. The Kier molecular flexibility index (Phi) is 3.67. The van der Waals surface area contributed by atoms with Crippen molar-refractivity contribution in [3.8, 4) is 11.4 Å². The molecule has 1 heterocycles. The van der Waals surface area contributed by atoms with Crippen LogP contribution in [0.4, 0.5) is 0 Å². The SMILES string of the molecule is CC(C)(C)c1ccc(-n2nc3ccccc3n2)c(O)c1C(C)(C)C. The molecule has 4 nitrogen and oxygen atoms in total. The van der Waals surface area contributed by atoms with Gasteiger partial charge in [0, 0.05) is 5.56 Å². The normalized spacial score (nSPS) is 12.8. The number of nitrogens with zero attached hydrogens (tertiary/aromatic N) is 3. The lowest BCUT2D eigenvalue weighted by Gasteiger charge is -2.31. The molecule has 0 aliphatic rings. The molecule has 24 heavy (non-hydrogen) atoms. The summed E-state index contributed by atoms with van der Waals surface area (Å²) in [5.74, 6) is 0.259. The smallest absolute Gasteiger partial charge is 0.147 e. The van der Waals surface area contributed by atoms with Gasteiger partial charge >= 0.3 is 0 Å². The lowest BCUT2D eigenvalue weighted by atomic mass is 9.74. The van der Waals surface area contributed by atoms with Gasteiger partial charge in [0.05, 0.1) is 0 Å². The maximum Gasteiger partial charge on any atom is 0.147 e. The van der Waals surface area contributed by atoms with E-state index in [1.54, 1.807) is 0 Å². The van der Waals surface area contributed by atoms with E-state index in [-0.39, 0.29) is 16.6 Å². The minimum Gasteiger partial charge on any atom is -0.505 e. The molecular weight excluding hydrogens is 298 g/mol. The number of aromatic hydroxyl groups is 1. The minimum atomic E-state index is -0.185. The first-order valence-electron chi connectivity index (χ1n) is 8.28. The molecule has 0 aliphatic carbocycles. The number of fused-ring (bicyclic) bond motifs is 1. The third-order valence-electron chi connectivity index (χ3n) is 4.22. The van der Waals surface area contributed by atoms with Gasteiger partial charge in [-0.1, -0.05) is 59.7 Å². The van der Waals surface area contributed by atoms with Crippen LogP contribution in [0, 0.1) is 0 Å². The van der Waals surface area contributed by atoms with Gasteiger partial charge in [0.1, 0.15) is 22.5 Å². The monoisotopic (exact) mass is 323 g/mol. The van der Waals surface area contributed by atoms with E-state index in [0.29, 0.717) is 5.69 Å². The van der Waals surface area contributed by atoms with Crippen molar-refractivity contribution in [1.29, 1.82) is 0 Å². The van der Waals surface area contributed by atoms with E-state index in [9.17, 15) is 5.11 Å². The minimum absolute atomic E-state index is 0.0547. The third-order valence-corrected chi connectivity index (χ3v) is 4.22. The van der Waals surface area contributed by atoms with Crippen LogP contribution in [0.25, 0.3) is 16.7 Å². The highest BCUT2D eigenvalue weighted by Gasteiger charge is 2.30. The summed E-state index contributed by atoms with van der Waals surface area (Å²) in [6.45, 7) is 12.8. The first-order chi connectivity index (χ1) is 11.1. The Morgan fingerprint density at radius 2 is 1.33 bits per heavy atom. The summed E-state index contributed by atoms with van der Waals surface area (Å²) in [4.78, 5) is 1.53. The maximum absolute atomic E-state index is 11.0. The fraction of sp³-hybridized carbons (Fsp3) is 0.400. The van der Waals surface area contributed by atoms with E-state index in [1.807, 2.05) is 30.3 Å². The predicted molar refractivity (Wildman–Crippen MR) is 97.9 cm³/mol. The second-order valence-corrected chi connectivity index (χ2v) is 8.33. The van der Waals surface area contributed by atoms with Crippen molar-refractivity contribution >= 4 is 11.0 Å². The molecular formula is C20H25N3O. The Morgan fingerprint density at radius 3 is 1.79 bits per heavy atom. The molecule has 1 aromatic heterocycles. The van der Waals surface area contributed by atoms with Crippen molar-refractivity contribution in [1.82, 2.24) is 15.0 Å². The Bertz CT molecular complexity index is 862. The van der Waals surface area contributed by atoms with Crippen LogP contribution < -0.4 is 0 Å². The van der Waals surface area contributed by atoms with Gasteiger partial charge in [-0.15, -0.1) is 15.0 Å². The summed E-state index contributed by atoms with van der Waals surface area (Å²) in [5.41, 5.74) is 4.10. The molecule has 0 aliphatic heterocycles. The highest BCUT2D eigenvalue weighted by Crippen LogP contribution is 2.42. The van der Waals surface area contributed by atoms with Gasteiger partial charge in [0.15, 0.2) is 0 Å². The first kappa shape index (κ1) is 16.5. The molecule has 3 rings (SSSR count). The van der Waals surface area contributed by atoms with Crippen molar-refractivity contribution in [2.45, 2.75) is 52.4 Å². The molecule has 0 spiro atoms. The summed E-state index contributed by atoms with van der Waals surface area (Å²) < 4.78 is 0. The van der Waals surface area contributed by atoms with Gasteiger partial charge in [-0.25, -0.2) is 0 Å². The van der Waals surface area contributed by atoms with Crippen LogP contribution >= 0.6 is 0 Å². The second-order valence-electron chi connectivity index (χ2n) is 8.33. The molecule has 3 aromatic rings. The predicted octanol–water partition coefficient (Wildman–Crippen LogP) is 4.72. The van der Waals surface area contributed by atoms with E-state index in [0.717, 1.165) is 22.2 Å². The zero-order valence-electron chi connectivity index (χ0n) is 15.3. The molecule has 0 fully saturated rings. The summed E-state index contributed by atoms with van der Waals surface area (Å²) in [7, 11) is 0. The quantitative estimate of drug-likeness (QED) is 0.705. The summed E-state index contributed by atoms with van der Waals surface area (Å²) in [6, 6.07) is 11.7. The summed E-state index contributed by atoms with van der Waals surface area (Å²) >= 11 is 0. The van der Waals surface area contributed by atoms with Crippen molar-refractivity contribution in [3.63, 3.8) is 0 Å². The van der Waals surface area contributed by atoms with E-state index >= 15 is 0 Å². The number of hydrogen-bond acceptors (Lipinski definition) is 3. The van der Waals surface area contributed by atoms with Crippen LogP contribution in [-0.2, 0) is 10.8 Å². The fourth-order valence-electron chi connectivity index (χ4n) is 3.09. The van der Waals surface area contributed by atoms with Crippen LogP contribution in [0.3, 0.4) is 0 Å². The topological polar surface area (TPSA) is 50.9 Å². The Balaban J connectivity index is 2.27. The molecule has 0 radical (unpaired) electrons. The number of hydrogen-bond donors (Lipinski definition) is 1. The molecule has 0 unspecified atom stereocenters. The van der Waals surface area contributed by atoms with Gasteiger partial charge in [-0.3, -0.25) is 0 Å². The standard InChI is InChI=1S/C20H25N3O/c1-19(2,3)13-11-12-16(18(24)17(13)20(4,5)6)23-21-14-9-7-8-10-15(14)22-23/h7-12,24H,1-6H3. The van der Waals surface area contributed by atoms with Crippen molar-refractivity contribution in [2.24, 2.45) is 0 Å². The zero-order chi connectivity index (χ0) is 17.7. The van der Waals surface area contributed by atoms with E-state index in [1.165, 1.54) is 4.80 Å². The average molecular weight is 323 g/mol. The van der Waals surface area contributed by atoms with Crippen molar-refractivity contribution < 1.29 is 5.11 Å². The van der Waals surface area contributed by atoms with E-state index in [2.05, 4.69) is 57.8 Å². The zero-order valence-corrected chi connectivity index (χ0v) is 15.3. The van der Waals surface area contributed by atoms with Crippen LogP contribution in [0.15, 0.2) is 36.4 Å². The van der Waals surface area contributed by atoms with Gasteiger partial charge in [-0.2, -0.15) is 0 Å². The Morgan fingerprint density at radius 1 is 0.792 bits per heavy atom. The number of benzene rings is 2. The second kappa shape index (κ2) is 5.33. The average Bonchev–Trinajstić information content (AvgIpc) is 2.88. The maximum atomic E-state index is 11.0. The molecule has 0 saturated carbocycles. The van der Waals surface area contributed by atoms with Crippen LogP contribution in [0.5, 0.6) is 5.75 Å². The summed E-state index contributed by atoms with van der Waals surface area (Å²) in [6.07, 6.45) is 0. The van der Waals surface area contributed by atoms with Gasteiger partial charge in [-0.05, 0) is 34.6 Å². The highest BCUT2D eigenvalue weighted by molar-refractivity contribution is 5.73. The molecule has 0 amide bonds. The highest BCUT2D eigenvalue weighted by atomic mass is 16.3. The van der Waals surface area contributed by atoms with Gasteiger partial charge in [0.2, 0.25) is 0 Å². The molecule has 0 atom stereocenters. The Labute approximate surface area is 143 Å². The largest absolute Gasteiger partial charge is 0.505 e. The van der Waals surface area contributed by atoms with Gasteiger partial charge in [0.25, 0.3) is 0 Å². The molecule has 0 bridgehead atoms. The van der Waals surface area contributed by atoms with E-state index < -0.39 is 0 Å². The molecule has 126 valence electrons. The van der Waals surface area contributed by atoms with Crippen LogP contribution in [0.2, 0.25) is 0 Å². The van der Waals surface area contributed by atoms with Gasteiger partial charge < -0.3 is 5.11 Å². The van der Waals surface area contributed by atoms with Crippen molar-refractivity contribution in [3.05, 3.63) is 47.5 Å². The molecule has 1 N–H and O–H groups in total. The fourth-order valence-corrected chi connectivity index (χ4v) is 3.09. The van der Waals surface area contributed by atoms with Crippen LogP contribution in [-0.4, -0.2) is 20.1 Å². The Hall–Kier alpha value is -2.36. The molecule has 4 heteroatoms. The number of rotatable bonds is 1. The number of phenols is 1. The molecule has 2 aromatic carbocycles.